The molecule has 4 heterocycles. The van der Waals surface area contributed by atoms with Gasteiger partial charge in [0, 0.05) is 44.5 Å². The summed E-state index contributed by atoms with van der Waals surface area (Å²) in [4.78, 5) is 25.9. The molecule has 2 aliphatic rings. The first-order valence-electron chi connectivity index (χ1n) is 12.3. The smallest absolute Gasteiger partial charge is 0.257 e. The number of fused-ring (bicyclic) bond motifs is 1. The van der Waals surface area contributed by atoms with E-state index in [0.29, 0.717) is 48.4 Å². The SMILES string of the molecule is Cn1cc(Cl)c2c(F)c(C(=O)N3C[C@@H](N4CCOCC4)C[C@H]3c3nc(Cl)c(-c4ccccc4)[nH]3)ccc21. The number of morpholine rings is 1. The van der Waals surface area contributed by atoms with Crippen LogP contribution in [-0.2, 0) is 11.8 Å². The summed E-state index contributed by atoms with van der Waals surface area (Å²) in [7, 11) is 1.80. The number of hydrogen-bond donors (Lipinski definition) is 1. The third-order valence-corrected chi connectivity index (χ3v) is 7.99. The maximum absolute atomic E-state index is 15.7. The van der Waals surface area contributed by atoms with Gasteiger partial charge in [0.1, 0.15) is 11.6 Å². The second-order valence-corrected chi connectivity index (χ2v) is 10.3. The van der Waals surface area contributed by atoms with Gasteiger partial charge in [0.15, 0.2) is 5.15 Å². The summed E-state index contributed by atoms with van der Waals surface area (Å²) in [6.45, 7) is 3.32. The van der Waals surface area contributed by atoms with Crippen LogP contribution < -0.4 is 0 Å². The Labute approximate surface area is 223 Å². The van der Waals surface area contributed by atoms with Crippen LogP contribution in [0.15, 0.2) is 48.7 Å². The van der Waals surface area contributed by atoms with Crippen molar-refractivity contribution < 1.29 is 13.9 Å². The van der Waals surface area contributed by atoms with Gasteiger partial charge in [-0.3, -0.25) is 9.69 Å². The van der Waals surface area contributed by atoms with E-state index in [9.17, 15) is 4.79 Å². The molecule has 0 spiro atoms. The third kappa shape index (κ3) is 4.32. The highest BCUT2D eigenvalue weighted by Gasteiger charge is 2.42. The van der Waals surface area contributed by atoms with Gasteiger partial charge in [-0.05, 0) is 18.6 Å². The Morgan fingerprint density at radius 3 is 2.65 bits per heavy atom. The van der Waals surface area contributed by atoms with E-state index in [0.717, 1.165) is 18.7 Å². The highest BCUT2D eigenvalue weighted by Crippen LogP contribution is 2.38. The lowest BCUT2D eigenvalue weighted by atomic mass is 10.1. The summed E-state index contributed by atoms with van der Waals surface area (Å²) >= 11 is 12.9. The lowest BCUT2D eigenvalue weighted by molar-refractivity contribution is 0.0184. The van der Waals surface area contributed by atoms with E-state index < -0.39 is 17.8 Å². The lowest BCUT2D eigenvalue weighted by Gasteiger charge is -2.31. The lowest BCUT2D eigenvalue weighted by Crippen LogP contribution is -2.45. The topological polar surface area (TPSA) is 66.4 Å². The van der Waals surface area contributed by atoms with E-state index in [4.69, 9.17) is 27.9 Å². The zero-order chi connectivity index (χ0) is 25.7. The van der Waals surface area contributed by atoms with E-state index in [1.807, 2.05) is 30.3 Å². The van der Waals surface area contributed by atoms with Gasteiger partial charge in [-0.2, -0.15) is 0 Å². The average molecular weight is 542 g/mol. The maximum Gasteiger partial charge on any atom is 0.257 e. The van der Waals surface area contributed by atoms with Gasteiger partial charge in [0.2, 0.25) is 0 Å². The van der Waals surface area contributed by atoms with Crippen molar-refractivity contribution in [2.45, 2.75) is 18.5 Å². The van der Waals surface area contributed by atoms with Gasteiger partial charge in [-0.15, -0.1) is 0 Å². The standard InChI is InChI=1S/C27H26Cl2FN5O2/c1-33-15-19(28)22-20(33)8-7-18(23(22)30)27(36)35-14-17(34-9-11-37-12-10-34)13-21(35)26-31-24(25(29)32-26)16-5-3-2-4-6-16/h2-8,15,17,21H,9-14H2,1H3,(H,31,32)/t17-,21-/m0/s1. The molecule has 2 atom stereocenters. The molecular weight excluding hydrogens is 516 g/mol. The van der Waals surface area contributed by atoms with Crippen molar-refractivity contribution >= 4 is 40.0 Å². The Balaban J connectivity index is 1.39. The number of amides is 1. The first-order valence-corrected chi connectivity index (χ1v) is 13.0. The molecule has 0 unspecified atom stereocenters. The molecule has 2 aromatic carbocycles. The monoisotopic (exact) mass is 541 g/mol. The Morgan fingerprint density at radius 1 is 1.14 bits per heavy atom. The molecule has 2 aromatic heterocycles. The Hall–Kier alpha value is -2.91. The summed E-state index contributed by atoms with van der Waals surface area (Å²) in [6.07, 6.45) is 2.30. The number of aromatic amines is 1. The fraction of sp³-hybridized carbons (Fsp3) is 0.333. The molecule has 0 aliphatic carbocycles. The van der Waals surface area contributed by atoms with Crippen LogP contribution in [0.25, 0.3) is 22.2 Å². The number of nitrogens with zero attached hydrogens (tertiary/aromatic N) is 4. The number of nitrogens with one attached hydrogen (secondary N) is 1. The summed E-state index contributed by atoms with van der Waals surface area (Å²) < 4.78 is 23.0. The Bertz CT molecular complexity index is 1460. The minimum Gasteiger partial charge on any atom is -0.379 e. The molecule has 1 amide bonds. The molecule has 6 rings (SSSR count). The zero-order valence-corrected chi connectivity index (χ0v) is 21.8. The summed E-state index contributed by atoms with van der Waals surface area (Å²) in [5, 5.41) is 0.870. The number of H-pyrrole nitrogens is 1. The Kier molecular flexibility index (Phi) is 6.44. The highest BCUT2D eigenvalue weighted by molar-refractivity contribution is 6.35. The van der Waals surface area contributed by atoms with Crippen molar-refractivity contribution in [1.29, 1.82) is 0 Å². The van der Waals surface area contributed by atoms with Gasteiger partial charge in [0.05, 0.1) is 46.4 Å². The number of benzene rings is 2. The summed E-state index contributed by atoms with van der Waals surface area (Å²) in [5.74, 6) is -0.412. The van der Waals surface area contributed by atoms with Gasteiger partial charge in [-0.25, -0.2) is 9.37 Å². The average Bonchev–Trinajstić information content (AvgIpc) is 3.60. The van der Waals surface area contributed by atoms with Crippen molar-refractivity contribution in [3.05, 3.63) is 76.0 Å². The van der Waals surface area contributed by atoms with Crippen molar-refractivity contribution in [2.24, 2.45) is 7.05 Å². The van der Waals surface area contributed by atoms with E-state index in [1.54, 1.807) is 34.8 Å². The number of carbonyl (C=O) groups is 1. The van der Waals surface area contributed by atoms with Crippen LogP contribution in [0.1, 0.15) is 28.6 Å². The van der Waals surface area contributed by atoms with Gasteiger partial charge < -0.3 is 19.2 Å². The molecule has 2 aliphatic heterocycles. The molecule has 1 N–H and O–H groups in total. The summed E-state index contributed by atoms with van der Waals surface area (Å²) in [6, 6.07) is 12.7. The minimum absolute atomic E-state index is 0.00540. The van der Waals surface area contributed by atoms with Crippen molar-refractivity contribution in [3.63, 3.8) is 0 Å². The fourth-order valence-electron chi connectivity index (χ4n) is 5.54. The van der Waals surface area contributed by atoms with E-state index >= 15 is 4.39 Å². The van der Waals surface area contributed by atoms with Crippen LogP contribution in [0.3, 0.4) is 0 Å². The number of hydrogen-bond acceptors (Lipinski definition) is 4. The molecule has 10 heteroatoms. The third-order valence-electron chi connectivity index (χ3n) is 7.43. The number of ether oxygens (including phenoxy) is 1. The molecule has 2 fully saturated rings. The number of rotatable bonds is 4. The van der Waals surface area contributed by atoms with Crippen molar-refractivity contribution in [2.75, 3.05) is 32.8 Å². The maximum atomic E-state index is 15.7. The molecule has 192 valence electrons. The van der Waals surface area contributed by atoms with Crippen molar-refractivity contribution in [3.8, 4) is 11.3 Å². The predicted octanol–water partition coefficient (Wildman–Crippen LogP) is 5.30. The normalized spacial score (nSPS) is 20.7. The van der Waals surface area contributed by atoms with Crippen LogP contribution in [0.5, 0.6) is 0 Å². The first-order chi connectivity index (χ1) is 17.9. The number of aryl methyl sites for hydroxylation is 1. The predicted molar refractivity (Wildman–Crippen MR) is 141 cm³/mol. The van der Waals surface area contributed by atoms with Gasteiger partial charge >= 0.3 is 0 Å². The number of aromatic nitrogens is 3. The van der Waals surface area contributed by atoms with Crippen LogP contribution in [0.2, 0.25) is 10.2 Å². The molecule has 0 bridgehead atoms. The quantitative estimate of drug-likeness (QED) is 0.380. The number of imidazole rings is 1. The molecule has 0 saturated carbocycles. The highest BCUT2D eigenvalue weighted by atomic mass is 35.5. The fourth-order valence-corrected chi connectivity index (χ4v) is 6.11. The van der Waals surface area contributed by atoms with Crippen molar-refractivity contribution in [1.82, 2.24) is 24.3 Å². The molecule has 37 heavy (non-hydrogen) atoms. The van der Waals surface area contributed by atoms with Crippen LogP contribution in [0.4, 0.5) is 4.39 Å². The van der Waals surface area contributed by atoms with Crippen LogP contribution >= 0.6 is 23.2 Å². The molecular formula is C27H26Cl2FN5O2. The van der Waals surface area contributed by atoms with E-state index in [1.165, 1.54) is 0 Å². The zero-order valence-electron chi connectivity index (χ0n) is 20.3. The van der Waals surface area contributed by atoms with Gasteiger partial charge in [-0.1, -0.05) is 53.5 Å². The Morgan fingerprint density at radius 2 is 1.89 bits per heavy atom. The van der Waals surface area contributed by atoms with Crippen LogP contribution in [0, 0.1) is 5.82 Å². The molecule has 7 nitrogen and oxygen atoms in total. The molecule has 0 radical (unpaired) electrons. The number of likely N-dealkylation sites (tertiary alicyclic amines) is 1. The largest absolute Gasteiger partial charge is 0.379 e. The molecule has 2 saturated heterocycles. The number of carbonyl (C=O) groups excluding carboxylic acids is 1. The first kappa shape index (κ1) is 24.4. The number of halogens is 3. The van der Waals surface area contributed by atoms with E-state index in [2.05, 4.69) is 14.9 Å². The van der Waals surface area contributed by atoms with Crippen LogP contribution in [-0.4, -0.2) is 69.1 Å². The molecule has 4 aromatic rings. The van der Waals surface area contributed by atoms with Gasteiger partial charge in [0.25, 0.3) is 5.91 Å². The second-order valence-electron chi connectivity index (χ2n) is 9.57. The minimum atomic E-state index is -0.607. The summed E-state index contributed by atoms with van der Waals surface area (Å²) in [5.41, 5.74) is 2.23. The van der Waals surface area contributed by atoms with E-state index in [-0.39, 0.29) is 22.0 Å². The second kappa shape index (κ2) is 9.76.